The van der Waals surface area contributed by atoms with Gasteiger partial charge in [-0.15, -0.1) is 0 Å². The van der Waals surface area contributed by atoms with Crippen molar-refractivity contribution < 1.29 is 17.3 Å². The fourth-order valence-corrected chi connectivity index (χ4v) is 1.96. The van der Waals surface area contributed by atoms with Gasteiger partial charge in [-0.1, -0.05) is 18.2 Å². The lowest BCUT2D eigenvalue weighted by Crippen LogP contribution is -2.14. The van der Waals surface area contributed by atoms with Crippen LogP contribution in [0.5, 0.6) is 0 Å². The molecule has 0 atom stereocenters. The number of hydrogen-bond acceptors (Lipinski definition) is 5. The third kappa shape index (κ3) is 4.28. The summed E-state index contributed by atoms with van der Waals surface area (Å²) >= 11 is 0. The van der Waals surface area contributed by atoms with E-state index in [-0.39, 0.29) is 18.1 Å². The highest BCUT2D eigenvalue weighted by Gasteiger charge is 2.13. The van der Waals surface area contributed by atoms with Crippen LogP contribution in [-0.2, 0) is 19.0 Å². The molecule has 0 aliphatic carbocycles. The van der Waals surface area contributed by atoms with E-state index in [9.17, 15) is 8.42 Å². The normalized spacial score (nSPS) is 11.6. The van der Waals surface area contributed by atoms with Crippen molar-refractivity contribution in [2.24, 2.45) is 5.73 Å². The third-order valence-corrected chi connectivity index (χ3v) is 3.09. The zero-order valence-corrected chi connectivity index (χ0v) is 9.65. The summed E-state index contributed by atoms with van der Waals surface area (Å²) in [5.74, 6) is 0. The summed E-state index contributed by atoms with van der Waals surface area (Å²) in [5, 5.41) is 0. The van der Waals surface area contributed by atoms with Crippen molar-refractivity contribution >= 4 is 10.1 Å². The first-order valence-electron chi connectivity index (χ1n) is 4.89. The zero-order valence-electron chi connectivity index (χ0n) is 8.83. The van der Waals surface area contributed by atoms with Crippen molar-refractivity contribution in [1.29, 1.82) is 0 Å². The Labute approximate surface area is 95.3 Å². The van der Waals surface area contributed by atoms with E-state index in [4.69, 9.17) is 14.7 Å². The minimum Gasteiger partial charge on any atom is -0.378 e. The molecule has 0 unspecified atom stereocenters. The summed E-state index contributed by atoms with van der Waals surface area (Å²) < 4.78 is 32.9. The Hall–Kier alpha value is -0.950. The summed E-state index contributed by atoms with van der Waals surface area (Å²) in [7, 11) is -3.66. The van der Waals surface area contributed by atoms with Crippen LogP contribution < -0.4 is 5.73 Å². The fourth-order valence-electron chi connectivity index (χ4n) is 1.04. The van der Waals surface area contributed by atoms with Crippen molar-refractivity contribution in [3.8, 4) is 0 Å². The van der Waals surface area contributed by atoms with E-state index in [0.717, 1.165) is 0 Å². The monoisotopic (exact) mass is 245 g/mol. The Bertz CT molecular complexity index is 391. The molecule has 0 bridgehead atoms. The molecule has 1 rings (SSSR count). The average Bonchev–Trinajstić information content (AvgIpc) is 2.30. The molecule has 0 fully saturated rings. The fraction of sp³-hybridized carbons (Fsp3) is 0.400. The summed E-state index contributed by atoms with van der Waals surface area (Å²) in [6.07, 6.45) is 0. The highest BCUT2D eigenvalue weighted by molar-refractivity contribution is 7.86. The van der Waals surface area contributed by atoms with E-state index in [1.165, 1.54) is 12.1 Å². The maximum absolute atomic E-state index is 11.6. The van der Waals surface area contributed by atoms with Crippen molar-refractivity contribution in [2.45, 2.75) is 4.90 Å². The summed E-state index contributed by atoms with van der Waals surface area (Å²) in [5.41, 5.74) is 5.20. The molecule has 0 heterocycles. The summed E-state index contributed by atoms with van der Waals surface area (Å²) in [6, 6.07) is 7.98. The minimum atomic E-state index is -3.66. The molecule has 0 saturated heterocycles. The lowest BCUT2D eigenvalue weighted by atomic mass is 10.4. The predicted octanol–water partition coefficient (Wildman–Crippen LogP) is 0.367. The summed E-state index contributed by atoms with van der Waals surface area (Å²) in [6.45, 7) is 1.01. The van der Waals surface area contributed by atoms with Gasteiger partial charge in [0.1, 0.15) is 0 Å². The van der Waals surface area contributed by atoms with Gasteiger partial charge in [-0.25, -0.2) is 0 Å². The molecule has 0 spiro atoms. The van der Waals surface area contributed by atoms with Crippen LogP contribution >= 0.6 is 0 Å². The average molecular weight is 245 g/mol. The topological polar surface area (TPSA) is 78.6 Å². The number of rotatable bonds is 7. The van der Waals surface area contributed by atoms with Gasteiger partial charge in [0, 0.05) is 6.54 Å². The maximum atomic E-state index is 11.6. The number of benzene rings is 1. The Morgan fingerprint density at radius 3 is 2.38 bits per heavy atom. The lowest BCUT2D eigenvalue weighted by molar-refractivity contribution is 0.108. The first-order chi connectivity index (χ1) is 7.67. The highest BCUT2D eigenvalue weighted by atomic mass is 32.2. The van der Waals surface area contributed by atoms with Crippen molar-refractivity contribution in [1.82, 2.24) is 0 Å². The van der Waals surface area contributed by atoms with Crippen LogP contribution in [0.4, 0.5) is 0 Å². The van der Waals surface area contributed by atoms with Gasteiger partial charge in [0.15, 0.2) is 0 Å². The van der Waals surface area contributed by atoms with Crippen LogP contribution in [0.3, 0.4) is 0 Å². The Kier molecular flexibility index (Phi) is 5.41. The molecule has 0 aliphatic rings. The quantitative estimate of drug-likeness (QED) is 0.554. The van der Waals surface area contributed by atoms with Gasteiger partial charge in [-0.05, 0) is 12.1 Å². The number of ether oxygens (including phenoxy) is 1. The standard InChI is InChI=1S/C10H15NO4S/c11-6-7-14-8-9-15-16(12,13)10-4-2-1-3-5-10/h1-5H,6-9,11H2. The molecule has 5 nitrogen and oxygen atoms in total. The largest absolute Gasteiger partial charge is 0.378 e. The van der Waals surface area contributed by atoms with Crippen LogP contribution in [0.15, 0.2) is 35.2 Å². The number of hydrogen-bond donors (Lipinski definition) is 1. The van der Waals surface area contributed by atoms with Crippen LogP contribution in [0.1, 0.15) is 0 Å². The van der Waals surface area contributed by atoms with E-state index in [0.29, 0.717) is 13.2 Å². The number of nitrogens with two attached hydrogens (primary N) is 1. The maximum Gasteiger partial charge on any atom is 0.297 e. The van der Waals surface area contributed by atoms with Crippen LogP contribution in [0, 0.1) is 0 Å². The van der Waals surface area contributed by atoms with Crippen molar-refractivity contribution in [2.75, 3.05) is 26.4 Å². The molecule has 0 aromatic heterocycles. The molecule has 0 aliphatic heterocycles. The molecule has 2 N–H and O–H groups in total. The van der Waals surface area contributed by atoms with E-state index >= 15 is 0 Å². The molecule has 6 heteroatoms. The molecule has 90 valence electrons. The Morgan fingerprint density at radius 1 is 1.06 bits per heavy atom. The van der Waals surface area contributed by atoms with Gasteiger partial charge in [0.2, 0.25) is 0 Å². The SMILES string of the molecule is NCCOCCOS(=O)(=O)c1ccccc1. The zero-order chi connectivity index (χ0) is 11.9. The smallest absolute Gasteiger partial charge is 0.297 e. The summed E-state index contributed by atoms with van der Waals surface area (Å²) in [4.78, 5) is 0.147. The minimum absolute atomic E-state index is 0.00275. The first kappa shape index (κ1) is 13.1. The van der Waals surface area contributed by atoms with Crippen molar-refractivity contribution in [3.05, 3.63) is 30.3 Å². The second-order valence-electron chi connectivity index (χ2n) is 2.99. The van der Waals surface area contributed by atoms with Gasteiger partial charge >= 0.3 is 0 Å². The van der Waals surface area contributed by atoms with E-state index in [2.05, 4.69) is 0 Å². The highest BCUT2D eigenvalue weighted by Crippen LogP contribution is 2.10. The van der Waals surface area contributed by atoms with E-state index in [1.807, 2.05) is 0 Å². The molecular weight excluding hydrogens is 230 g/mol. The first-order valence-corrected chi connectivity index (χ1v) is 6.30. The van der Waals surface area contributed by atoms with Gasteiger partial charge < -0.3 is 10.5 Å². The van der Waals surface area contributed by atoms with Gasteiger partial charge in [0.25, 0.3) is 10.1 Å². The molecule has 0 saturated carbocycles. The van der Waals surface area contributed by atoms with E-state index in [1.54, 1.807) is 18.2 Å². The lowest BCUT2D eigenvalue weighted by Gasteiger charge is -2.05. The predicted molar refractivity (Wildman–Crippen MR) is 59.5 cm³/mol. The van der Waals surface area contributed by atoms with Crippen molar-refractivity contribution in [3.63, 3.8) is 0 Å². The van der Waals surface area contributed by atoms with Crippen LogP contribution in [0.25, 0.3) is 0 Å². The molecule has 1 aromatic carbocycles. The molecule has 0 radical (unpaired) electrons. The van der Waals surface area contributed by atoms with Crippen LogP contribution in [-0.4, -0.2) is 34.8 Å². The molecule has 1 aromatic rings. The van der Waals surface area contributed by atoms with Gasteiger partial charge in [0.05, 0.1) is 24.7 Å². The Balaban J connectivity index is 2.41. The van der Waals surface area contributed by atoms with Gasteiger partial charge in [-0.3, -0.25) is 4.18 Å². The van der Waals surface area contributed by atoms with E-state index < -0.39 is 10.1 Å². The second-order valence-corrected chi connectivity index (χ2v) is 4.61. The third-order valence-electron chi connectivity index (χ3n) is 1.76. The molecule has 0 amide bonds. The molecular formula is C10H15NO4S. The van der Waals surface area contributed by atoms with Crippen LogP contribution in [0.2, 0.25) is 0 Å². The Morgan fingerprint density at radius 2 is 1.75 bits per heavy atom. The van der Waals surface area contributed by atoms with Gasteiger partial charge in [-0.2, -0.15) is 8.42 Å². The molecule has 16 heavy (non-hydrogen) atoms. The second kappa shape index (κ2) is 6.59.